The van der Waals surface area contributed by atoms with E-state index in [1.807, 2.05) is 25.5 Å². The predicted octanol–water partition coefficient (Wildman–Crippen LogP) is 0.839. The maximum atomic E-state index is 4.12. The van der Waals surface area contributed by atoms with Crippen LogP contribution >= 0.6 is 0 Å². The molecule has 0 unspecified atom stereocenters. The van der Waals surface area contributed by atoms with Crippen molar-refractivity contribution >= 4 is 5.70 Å². The lowest BCUT2D eigenvalue weighted by Crippen LogP contribution is -2.13. The zero-order valence-electron chi connectivity index (χ0n) is 6.96. The quantitative estimate of drug-likeness (QED) is 0.640. The maximum absolute atomic E-state index is 4.12. The second-order valence-corrected chi connectivity index (χ2v) is 2.87. The summed E-state index contributed by atoms with van der Waals surface area (Å²) in [5, 5.41) is 6.30. The number of aryl methyl sites for hydroxylation is 1. The van der Waals surface area contributed by atoms with Crippen molar-refractivity contribution in [3.63, 3.8) is 0 Å². The highest BCUT2D eigenvalue weighted by molar-refractivity contribution is 5.64. The summed E-state index contributed by atoms with van der Waals surface area (Å²) in [7, 11) is 0. The molecule has 0 spiro atoms. The van der Waals surface area contributed by atoms with Gasteiger partial charge in [-0.15, -0.1) is 0 Å². The number of hydrogen-bond donors (Lipinski definition) is 2. The molecule has 1 aromatic rings. The molecule has 2 rings (SSSR count). The summed E-state index contributed by atoms with van der Waals surface area (Å²) >= 11 is 0. The molecule has 2 heterocycles. The van der Waals surface area contributed by atoms with Crippen molar-refractivity contribution in [2.75, 3.05) is 6.67 Å². The molecule has 12 heavy (non-hydrogen) atoms. The minimum Gasteiger partial charge on any atom is -0.372 e. The van der Waals surface area contributed by atoms with Gasteiger partial charge in [0.25, 0.3) is 0 Å². The molecule has 1 aromatic heterocycles. The van der Waals surface area contributed by atoms with Gasteiger partial charge >= 0.3 is 0 Å². The first kappa shape index (κ1) is 7.16. The van der Waals surface area contributed by atoms with Crippen molar-refractivity contribution in [3.8, 4) is 0 Å². The lowest BCUT2D eigenvalue weighted by atomic mass is 10.2. The number of nitrogens with one attached hydrogen (secondary N) is 2. The van der Waals surface area contributed by atoms with Crippen LogP contribution < -0.4 is 10.6 Å². The van der Waals surface area contributed by atoms with Crippen LogP contribution in [0, 0.1) is 6.92 Å². The average molecular weight is 161 g/mol. The van der Waals surface area contributed by atoms with Gasteiger partial charge in [-0.05, 0) is 18.6 Å². The van der Waals surface area contributed by atoms with Crippen molar-refractivity contribution in [2.24, 2.45) is 0 Å². The van der Waals surface area contributed by atoms with Crippen LogP contribution in [0.5, 0.6) is 0 Å². The predicted molar refractivity (Wildman–Crippen MR) is 48.1 cm³/mol. The SMILES string of the molecule is Cc1cncc(C2=CNCN2)c1. The van der Waals surface area contributed by atoms with Crippen LogP contribution in [0.3, 0.4) is 0 Å². The number of pyridine rings is 1. The van der Waals surface area contributed by atoms with Gasteiger partial charge in [0.15, 0.2) is 0 Å². The summed E-state index contributed by atoms with van der Waals surface area (Å²) in [6.45, 7) is 2.85. The fourth-order valence-electron chi connectivity index (χ4n) is 1.24. The van der Waals surface area contributed by atoms with Gasteiger partial charge in [0.1, 0.15) is 0 Å². The van der Waals surface area contributed by atoms with E-state index >= 15 is 0 Å². The molecular weight excluding hydrogens is 150 g/mol. The van der Waals surface area contributed by atoms with Crippen molar-refractivity contribution < 1.29 is 0 Å². The maximum Gasteiger partial charge on any atom is 0.0846 e. The zero-order valence-corrected chi connectivity index (χ0v) is 6.96. The van der Waals surface area contributed by atoms with Crippen LogP contribution in [0.15, 0.2) is 24.7 Å². The molecular formula is C9H11N3. The zero-order chi connectivity index (χ0) is 8.39. The Morgan fingerprint density at radius 1 is 1.42 bits per heavy atom. The van der Waals surface area contributed by atoms with Crippen LogP contribution in [0.25, 0.3) is 5.70 Å². The van der Waals surface area contributed by atoms with E-state index in [2.05, 4.69) is 21.7 Å². The average Bonchev–Trinajstić information content (AvgIpc) is 2.56. The molecule has 0 fully saturated rings. The second-order valence-electron chi connectivity index (χ2n) is 2.87. The molecule has 3 heteroatoms. The van der Waals surface area contributed by atoms with Gasteiger partial charge in [0, 0.05) is 24.2 Å². The number of hydrogen-bond acceptors (Lipinski definition) is 3. The molecule has 0 atom stereocenters. The third-order valence-corrected chi connectivity index (χ3v) is 1.81. The van der Waals surface area contributed by atoms with Crippen LogP contribution in [0.2, 0.25) is 0 Å². The molecule has 0 saturated carbocycles. The normalized spacial score (nSPS) is 14.9. The smallest absolute Gasteiger partial charge is 0.0846 e. The van der Waals surface area contributed by atoms with Crippen LogP contribution in [0.1, 0.15) is 11.1 Å². The van der Waals surface area contributed by atoms with E-state index in [1.165, 1.54) is 5.56 Å². The molecule has 1 aliphatic rings. The van der Waals surface area contributed by atoms with Crippen molar-refractivity contribution in [1.29, 1.82) is 0 Å². The van der Waals surface area contributed by atoms with E-state index in [0.717, 1.165) is 17.9 Å². The number of rotatable bonds is 1. The Hall–Kier alpha value is -1.51. The lowest BCUT2D eigenvalue weighted by molar-refractivity contribution is 0.842. The first-order valence-corrected chi connectivity index (χ1v) is 3.96. The summed E-state index contributed by atoms with van der Waals surface area (Å²) in [5.74, 6) is 0. The van der Waals surface area contributed by atoms with Gasteiger partial charge in [0.2, 0.25) is 0 Å². The van der Waals surface area contributed by atoms with Gasteiger partial charge in [0.05, 0.1) is 12.4 Å². The Balaban J connectivity index is 2.33. The van der Waals surface area contributed by atoms with E-state index in [1.54, 1.807) is 0 Å². The first-order valence-electron chi connectivity index (χ1n) is 3.96. The lowest BCUT2D eigenvalue weighted by Gasteiger charge is -2.02. The van der Waals surface area contributed by atoms with Gasteiger partial charge in [-0.25, -0.2) is 0 Å². The summed E-state index contributed by atoms with van der Waals surface area (Å²) < 4.78 is 0. The third kappa shape index (κ3) is 1.25. The molecule has 3 nitrogen and oxygen atoms in total. The first-order chi connectivity index (χ1) is 5.86. The Labute approximate surface area is 71.5 Å². The Morgan fingerprint density at radius 2 is 2.33 bits per heavy atom. The highest BCUT2D eigenvalue weighted by Crippen LogP contribution is 2.12. The largest absolute Gasteiger partial charge is 0.372 e. The van der Waals surface area contributed by atoms with Gasteiger partial charge in [-0.2, -0.15) is 0 Å². The van der Waals surface area contributed by atoms with E-state index in [-0.39, 0.29) is 0 Å². The standard InChI is InChI=1S/C9H11N3/c1-7-2-8(4-10-3-7)9-5-11-6-12-9/h2-5,11-12H,6H2,1H3. The van der Waals surface area contributed by atoms with E-state index in [4.69, 9.17) is 0 Å². The van der Waals surface area contributed by atoms with Crippen molar-refractivity contribution in [3.05, 3.63) is 35.8 Å². The molecule has 62 valence electrons. The Morgan fingerprint density at radius 3 is 3.00 bits per heavy atom. The summed E-state index contributed by atoms with van der Waals surface area (Å²) in [6.07, 6.45) is 5.68. The number of aromatic nitrogens is 1. The summed E-state index contributed by atoms with van der Waals surface area (Å²) in [4.78, 5) is 4.12. The molecule has 2 N–H and O–H groups in total. The van der Waals surface area contributed by atoms with Crippen LogP contribution in [0.4, 0.5) is 0 Å². The van der Waals surface area contributed by atoms with E-state index < -0.39 is 0 Å². The van der Waals surface area contributed by atoms with Crippen molar-refractivity contribution in [1.82, 2.24) is 15.6 Å². The molecule has 0 amide bonds. The molecule has 0 saturated heterocycles. The Bertz CT molecular complexity index is 317. The summed E-state index contributed by atoms with van der Waals surface area (Å²) in [5.41, 5.74) is 3.44. The number of nitrogens with zero attached hydrogens (tertiary/aromatic N) is 1. The minimum atomic E-state index is 0.809. The fraction of sp³-hybridized carbons (Fsp3) is 0.222. The van der Waals surface area contributed by atoms with Crippen LogP contribution in [-0.2, 0) is 0 Å². The topological polar surface area (TPSA) is 37.0 Å². The molecule has 0 aliphatic carbocycles. The molecule has 0 bridgehead atoms. The minimum absolute atomic E-state index is 0.809. The van der Waals surface area contributed by atoms with Gasteiger partial charge in [-0.3, -0.25) is 4.98 Å². The van der Waals surface area contributed by atoms with Gasteiger partial charge in [-0.1, -0.05) is 0 Å². The molecule has 0 aromatic carbocycles. The second kappa shape index (κ2) is 2.85. The van der Waals surface area contributed by atoms with Gasteiger partial charge < -0.3 is 10.6 Å². The van der Waals surface area contributed by atoms with Crippen molar-refractivity contribution in [2.45, 2.75) is 6.92 Å². The Kier molecular flexibility index (Phi) is 1.70. The third-order valence-electron chi connectivity index (χ3n) is 1.81. The molecule has 1 aliphatic heterocycles. The highest BCUT2D eigenvalue weighted by atomic mass is 15.1. The van der Waals surface area contributed by atoms with Crippen LogP contribution in [-0.4, -0.2) is 11.7 Å². The highest BCUT2D eigenvalue weighted by Gasteiger charge is 2.04. The fourth-order valence-corrected chi connectivity index (χ4v) is 1.24. The monoisotopic (exact) mass is 161 g/mol. The van der Waals surface area contributed by atoms with E-state index in [0.29, 0.717) is 0 Å². The van der Waals surface area contributed by atoms with E-state index in [9.17, 15) is 0 Å². The molecule has 0 radical (unpaired) electrons. The summed E-state index contributed by atoms with van der Waals surface area (Å²) in [6, 6.07) is 2.11.